The molecular formula is C14H15N. The van der Waals surface area contributed by atoms with Crippen LogP contribution in [-0.2, 0) is 6.42 Å². The van der Waals surface area contributed by atoms with Crippen molar-refractivity contribution in [2.24, 2.45) is 4.99 Å². The van der Waals surface area contributed by atoms with E-state index in [1.165, 1.54) is 11.3 Å². The summed E-state index contributed by atoms with van der Waals surface area (Å²) < 4.78 is 0. The smallest absolute Gasteiger partial charge is 0.0665 e. The molecule has 0 N–H and O–H groups in total. The largest absolute Gasteiger partial charge is 0.257 e. The number of rotatable bonds is 3. The van der Waals surface area contributed by atoms with Crippen molar-refractivity contribution in [1.82, 2.24) is 0 Å². The highest BCUT2D eigenvalue weighted by molar-refractivity contribution is 5.95. The van der Waals surface area contributed by atoms with Gasteiger partial charge < -0.3 is 0 Å². The lowest BCUT2D eigenvalue weighted by Crippen LogP contribution is -1.98. The Morgan fingerprint density at radius 2 is 2.27 bits per heavy atom. The molecule has 0 radical (unpaired) electrons. The summed E-state index contributed by atoms with van der Waals surface area (Å²) in [4.78, 5) is 4.60. The Bertz CT molecular complexity index is 438. The first-order chi connectivity index (χ1) is 7.29. The van der Waals surface area contributed by atoms with Crippen LogP contribution >= 0.6 is 0 Å². The van der Waals surface area contributed by atoms with Gasteiger partial charge in [0, 0.05) is 18.6 Å². The summed E-state index contributed by atoms with van der Waals surface area (Å²) in [6.07, 6.45) is 5.93. The number of hydrogen-bond acceptors (Lipinski definition) is 1. The third-order valence-corrected chi connectivity index (χ3v) is 2.50. The maximum absolute atomic E-state index is 4.60. The van der Waals surface area contributed by atoms with E-state index < -0.39 is 0 Å². The molecule has 0 unspecified atom stereocenters. The molecule has 0 saturated heterocycles. The minimum absolute atomic E-state index is 0.888. The van der Waals surface area contributed by atoms with Crippen LogP contribution in [0.3, 0.4) is 0 Å². The van der Waals surface area contributed by atoms with E-state index in [1.54, 1.807) is 0 Å². The van der Waals surface area contributed by atoms with Gasteiger partial charge in [-0.25, -0.2) is 0 Å². The fraction of sp³-hybridized carbons (Fsp3) is 0.214. The maximum Gasteiger partial charge on any atom is 0.0665 e. The molecule has 1 aliphatic rings. The van der Waals surface area contributed by atoms with Crippen molar-refractivity contribution in [3.05, 3.63) is 54.1 Å². The lowest BCUT2D eigenvalue weighted by Gasteiger charge is -1.98. The zero-order valence-electron chi connectivity index (χ0n) is 9.03. The van der Waals surface area contributed by atoms with Crippen molar-refractivity contribution in [2.75, 3.05) is 0 Å². The van der Waals surface area contributed by atoms with Crippen LogP contribution in [-0.4, -0.2) is 5.71 Å². The molecule has 76 valence electrons. The maximum atomic E-state index is 4.60. The number of fused-ring (bicyclic) bond motifs is 1. The van der Waals surface area contributed by atoms with E-state index in [1.807, 2.05) is 25.1 Å². The van der Waals surface area contributed by atoms with E-state index >= 15 is 0 Å². The molecule has 1 heteroatoms. The third kappa shape index (κ3) is 2.24. The second kappa shape index (κ2) is 4.26. The first kappa shape index (κ1) is 9.91. The topological polar surface area (TPSA) is 12.4 Å². The Morgan fingerprint density at radius 3 is 3.00 bits per heavy atom. The summed E-state index contributed by atoms with van der Waals surface area (Å²) >= 11 is 0. The number of aliphatic imine (C=N–C) groups is 1. The third-order valence-electron chi connectivity index (χ3n) is 2.50. The van der Waals surface area contributed by atoms with Gasteiger partial charge in [0.1, 0.15) is 0 Å². The standard InChI is InChI=1S/C14H15N/c1-3-6-11(2)9-13-10-12-7-4-5-8-14(12)15-13/h3-8H,2,9-10H2,1H3/b6-3-. The number of hydrogen-bond donors (Lipinski definition) is 0. The van der Waals surface area contributed by atoms with Crippen LogP contribution in [0, 0.1) is 0 Å². The molecule has 15 heavy (non-hydrogen) atoms. The summed E-state index contributed by atoms with van der Waals surface area (Å²) in [5.41, 5.74) is 4.81. The highest BCUT2D eigenvalue weighted by atomic mass is 14.8. The molecule has 1 aromatic carbocycles. The van der Waals surface area contributed by atoms with Crippen LogP contribution < -0.4 is 0 Å². The van der Waals surface area contributed by atoms with Gasteiger partial charge >= 0.3 is 0 Å². The molecule has 1 aromatic rings. The molecule has 0 spiro atoms. The van der Waals surface area contributed by atoms with E-state index in [4.69, 9.17) is 0 Å². The molecule has 0 fully saturated rings. The fourth-order valence-electron chi connectivity index (χ4n) is 1.86. The molecule has 0 amide bonds. The van der Waals surface area contributed by atoms with Gasteiger partial charge in [0.2, 0.25) is 0 Å². The number of benzene rings is 1. The first-order valence-corrected chi connectivity index (χ1v) is 5.24. The second-order valence-electron chi connectivity index (χ2n) is 3.82. The Balaban J connectivity index is 2.08. The Hall–Kier alpha value is -1.63. The van der Waals surface area contributed by atoms with Crippen molar-refractivity contribution in [2.45, 2.75) is 19.8 Å². The molecule has 1 nitrogen and oxygen atoms in total. The average molecular weight is 197 g/mol. The highest BCUT2D eigenvalue weighted by Crippen LogP contribution is 2.27. The second-order valence-corrected chi connectivity index (χ2v) is 3.82. The van der Waals surface area contributed by atoms with Crippen LogP contribution in [0.15, 0.2) is 53.6 Å². The molecule has 0 aromatic heterocycles. The SMILES string of the molecule is C=C(/C=C\C)CC1=Nc2ccccc2C1. The van der Waals surface area contributed by atoms with Crippen molar-refractivity contribution in [1.29, 1.82) is 0 Å². The average Bonchev–Trinajstić information content (AvgIpc) is 2.59. The minimum atomic E-state index is 0.888. The van der Waals surface area contributed by atoms with E-state index in [0.29, 0.717) is 0 Å². The predicted molar refractivity (Wildman–Crippen MR) is 65.8 cm³/mol. The minimum Gasteiger partial charge on any atom is -0.257 e. The Labute approximate surface area is 90.9 Å². The Morgan fingerprint density at radius 1 is 1.47 bits per heavy atom. The fourth-order valence-corrected chi connectivity index (χ4v) is 1.86. The normalized spacial score (nSPS) is 14.1. The quantitative estimate of drug-likeness (QED) is 0.653. The van der Waals surface area contributed by atoms with Gasteiger partial charge in [-0.15, -0.1) is 0 Å². The van der Waals surface area contributed by atoms with Crippen LogP contribution in [0.5, 0.6) is 0 Å². The molecule has 0 bridgehead atoms. The molecule has 1 aliphatic heterocycles. The summed E-state index contributed by atoms with van der Waals surface area (Å²) in [6.45, 7) is 6.01. The molecule has 0 saturated carbocycles. The summed E-state index contributed by atoms with van der Waals surface area (Å²) in [7, 11) is 0. The molecular weight excluding hydrogens is 182 g/mol. The van der Waals surface area contributed by atoms with Gasteiger partial charge in [0.15, 0.2) is 0 Å². The van der Waals surface area contributed by atoms with E-state index in [2.05, 4.69) is 29.8 Å². The van der Waals surface area contributed by atoms with Gasteiger partial charge in [0.05, 0.1) is 5.69 Å². The monoisotopic (exact) mass is 197 g/mol. The predicted octanol–water partition coefficient (Wildman–Crippen LogP) is 3.84. The zero-order valence-corrected chi connectivity index (χ0v) is 9.03. The lowest BCUT2D eigenvalue weighted by atomic mass is 10.0. The van der Waals surface area contributed by atoms with Gasteiger partial charge in [-0.3, -0.25) is 4.99 Å². The zero-order chi connectivity index (χ0) is 10.7. The molecule has 2 rings (SSSR count). The summed E-state index contributed by atoms with van der Waals surface area (Å²) in [5.74, 6) is 0. The highest BCUT2D eigenvalue weighted by Gasteiger charge is 2.13. The Kier molecular flexibility index (Phi) is 2.82. The number of allylic oxidation sites excluding steroid dienone is 3. The molecule has 1 heterocycles. The van der Waals surface area contributed by atoms with Crippen molar-refractivity contribution in [3.8, 4) is 0 Å². The van der Waals surface area contributed by atoms with Crippen LogP contribution in [0.4, 0.5) is 5.69 Å². The number of para-hydroxylation sites is 1. The van der Waals surface area contributed by atoms with Gasteiger partial charge in [-0.1, -0.05) is 36.9 Å². The van der Waals surface area contributed by atoms with E-state index in [-0.39, 0.29) is 0 Å². The lowest BCUT2D eigenvalue weighted by molar-refractivity contribution is 1.28. The number of nitrogens with zero attached hydrogens (tertiary/aromatic N) is 1. The van der Waals surface area contributed by atoms with Crippen LogP contribution in [0.1, 0.15) is 18.9 Å². The van der Waals surface area contributed by atoms with Crippen molar-refractivity contribution >= 4 is 11.4 Å². The molecule has 0 aliphatic carbocycles. The summed E-state index contributed by atoms with van der Waals surface area (Å²) in [5, 5.41) is 0. The van der Waals surface area contributed by atoms with Crippen molar-refractivity contribution in [3.63, 3.8) is 0 Å². The van der Waals surface area contributed by atoms with Gasteiger partial charge in [0.25, 0.3) is 0 Å². The van der Waals surface area contributed by atoms with E-state index in [0.717, 1.165) is 24.1 Å². The summed E-state index contributed by atoms with van der Waals surface area (Å²) in [6, 6.07) is 8.31. The van der Waals surface area contributed by atoms with Gasteiger partial charge in [-0.2, -0.15) is 0 Å². The van der Waals surface area contributed by atoms with E-state index in [9.17, 15) is 0 Å². The first-order valence-electron chi connectivity index (χ1n) is 5.24. The van der Waals surface area contributed by atoms with Crippen molar-refractivity contribution < 1.29 is 0 Å². The van der Waals surface area contributed by atoms with Gasteiger partial charge in [-0.05, 0) is 24.1 Å². The van der Waals surface area contributed by atoms with Crippen LogP contribution in [0.2, 0.25) is 0 Å². The van der Waals surface area contributed by atoms with Crippen LogP contribution in [0.25, 0.3) is 0 Å². The molecule has 0 atom stereocenters.